The Morgan fingerprint density at radius 1 is 1.04 bits per heavy atom. The third-order valence-electron chi connectivity index (χ3n) is 4.46. The summed E-state index contributed by atoms with van der Waals surface area (Å²) in [5.41, 5.74) is -0.745. The molecule has 1 aromatic carbocycles. The third kappa shape index (κ3) is 3.96. The van der Waals surface area contributed by atoms with Crippen molar-refractivity contribution in [3.05, 3.63) is 54.4 Å². The van der Waals surface area contributed by atoms with Gasteiger partial charge in [-0.2, -0.15) is 0 Å². The molecular weight excluding hydrogens is 320 g/mol. The van der Waals surface area contributed by atoms with E-state index in [4.69, 9.17) is 4.74 Å². The molecule has 1 aliphatic rings. The number of ether oxygens (including phenoxy) is 1. The van der Waals surface area contributed by atoms with Crippen molar-refractivity contribution in [2.45, 2.75) is 37.6 Å². The van der Waals surface area contributed by atoms with Gasteiger partial charge in [0.25, 0.3) is 5.91 Å². The number of carbonyl (C=O) groups is 2. The first-order valence-corrected chi connectivity index (χ1v) is 8.33. The quantitative estimate of drug-likeness (QED) is 0.871. The zero-order valence-electron chi connectivity index (χ0n) is 13.8. The maximum atomic E-state index is 12.5. The predicted molar refractivity (Wildman–Crippen MR) is 91.7 cm³/mol. The topological polar surface area (TPSA) is 88.5 Å². The lowest BCUT2D eigenvalue weighted by Crippen LogP contribution is -2.55. The Kier molecular flexibility index (Phi) is 4.97. The highest BCUT2D eigenvalue weighted by Gasteiger charge is 2.41. The number of rotatable bonds is 5. The van der Waals surface area contributed by atoms with Crippen molar-refractivity contribution in [2.24, 2.45) is 0 Å². The maximum absolute atomic E-state index is 12.5. The second-order valence-corrected chi connectivity index (χ2v) is 6.22. The number of pyridine rings is 1. The van der Waals surface area contributed by atoms with E-state index in [0.717, 1.165) is 19.3 Å². The number of nitrogens with one attached hydrogen (secondary N) is 1. The molecule has 0 atom stereocenters. The summed E-state index contributed by atoms with van der Waals surface area (Å²) in [5.74, 6) is -0.156. The third-order valence-corrected chi connectivity index (χ3v) is 4.46. The van der Waals surface area contributed by atoms with Gasteiger partial charge in [-0.3, -0.25) is 9.78 Å². The molecule has 1 fully saturated rings. The summed E-state index contributed by atoms with van der Waals surface area (Å²) in [6.07, 6.45) is 6.82. The van der Waals surface area contributed by atoms with Crippen molar-refractivity contribution in [3.8, 4) is 11.5 Å². The van der Waals surface area contributed by atoms with Crippen LogP contribution < -0.4 is 10.1 Å². The molecule has 0 unspecified atom stereocenters. The number of hydrogen-bond acceptors (Lipinski definition) is 4. The zero-order valence-corrected chi connectivity index (χ0v) is 13.8. The van der Waals surface area contributed by atoms with Crippen molar-refractivity contribution < 1.29 is 19.4 Å². The Hall–Kier alpha value is -2.89. The van der Waals surface area contributed by atoms with Crippen LogP contribution in [0.2, 0.25) is 0 Å². The van der Waals surface area contributed by atoms with Gasteiger partial charge < -0.3 is 15.2 Å². The number of carboxylic acids is 1. The summed E-state index contributed by atoms with van der Waals surface area (Å²) in [6.45, 7) is 0. The fourth-order valence-corrected chi connectivity index (χ4v) is 3.06. The van der Waals surface area contributed by atoms with Crippen LogP contribution in [0.3, 0.4) is 0 Å². The lowest BCUT2D eigenvalue weighted by molar-refractivity contribution is -0.145. The van der Waals surface area contributed by atoms with Crippen molar-refractivity contribution in [1.82, 2.24) is 10.3 Å². The van der Waals surface area contributed by atoms with Crippen LogP contribution in [0.15, 0.2) is 48.8 Å². The average Bonchev–Trinajstić information content (AvgIpc) is 2.64. The summed E-state index contributed by atoms with van der Waals surface area (Å²) in [5, 5.41) is 12.3. The molecule has 1 saturated carbocycles. The first-order valence-electron chi connectivity index (χ1n) is 8.33. The molecule has 1 heterocycles. The lowest BCUT2D eigenvalue weighted by atomic mass is 9.81. The second kappa shape index (κ2) is 7.34. The SMILES string of the molecule is O=C(NC1(C(=O)O)CCCCC1)c1ccc(Oc2cccnc2)cc1. The lowest BCUT2D eigenvalue weighted by Gasteiger charge is -2.34. The molecule has 0 spiro atoms. The number of carboxylic acid groups (broad SMARTS) is 1. The van der Waals surface area contributed by atoms with Crippen LogP contribution in [0.4, 0.5) is 0 Å². The Labute approximate surface area is 145 Å². The summed E-state index contributed by atoms with van der Waals surface area (Å²) < 4.78 is 5.63. The predicted octanol–water partition coefficient (Wildman–Crippen LogP) is 3.39. The normalized spacial score (nSPS) is 16.0. The van der Waals surface area contributed by atoms with Crippen LogP contribution >= 0.6 is 0 Å². The van der Waals surface area contributed by atoms with Gasteiger partial charge in [0.05, 0.1) is 6.20 Å². The van der Waals surface area contributed by atoms with Crippen molar-refractivity contribution in [1.29, 1.82) is 0 Å². The fourth-order valence-electron chi connectivity index (χ4n) is 3.06. The fraction of sp³-hybridized carbons (Fsp3) is 0.316. The first-order chi connectivity index (χ1) is 12.1. The van der Waals surface area contributed by atoms with Gasteiger partial charge in [0.15, 0.2) is 0 Å². The van der Waals surface area contributed by atoms with Crippen LogP contribution in [-0.2, 0) is 4.79 Å². The van der Waals surface area contributed by atoms with E-state index in [0.29, 0.717) is 29.9 Å². The van der Waals surface area contributed by atoms with E-state index in [2.05, 4.69) is 10.3 Å². The van der Waals surface area contributed by atoms with Gasteiger partial charge in [-0.15, -0.1) is 0 Å². The van der Waals surface area contributed by atoms with Crippen molar-refractivity contribution in [2.75, 3.05) is 0 Å². The number of aliphatic carboxylic acids is 1. The van der Waals surface area contributed by atoms with Gasteiger partial charge in [0.2, 0.25) is 0 Å². The van der Waals surface area contributed by atoms with Crippen LogP contribution in [0.25, 0.3) is 0 Å². The highest BCUT2D eigenvalue weighted by molar-refractivity contribution is 5.98. The number of aromatic nitrogens is 1. The molecule has 0 bridgehead atoms. The molecule has 2 aromatic rings. The van der Waals surface area contributed by atoms with Gasteiger partial charge in [0.1, 0.15) is 17.0 Å². The number of nitrogens with zero attached hydrogens (tertiary/aromatic N) is 1. The van der Waals surface area contributed by atoms with Gasteiger partial charge in [0, 0.05) is 11.8 Å². The Bertz CT molecular complexity index is 738. The summed E-state index contributed by atoms with van der Waals surface area (Å²) >= 11 is 0. The monoisotopic (exact) mass is 340 g/mol. The standard InChI is InChI=1S/C19H20N2O4/c22-17(21-19(18(23)24)10-2-1-3-11-19)14-6-8-15(9-7-14)25-16-5-4-12-20-13-16/h4-9,12-13H,1-3,10-11H2,(H,21,22)(H,23,24). The molecular formula is C19H20N2O4. The highest BCUT2D eigenvalue weighted by atomic mass is 16.5. The number of hydrogen-bond donors (Lipinski definition) is 2. The molecule has 6 heteroatoms. The van der Waals surface area contributed by atoms with E-state index in [-0.39, 0.29) is 5.91 Å². The molecule has 3 rings (SSSR count). The van der Waals surface area contributed by atoms with E-state index >= 15 is 0 Å². The van der Waals surface area contributed by atoms with Crippen LogP contribution in [0.1, 0.15) is 42.5 Å². The van der Waals surface area contributed by atoms with Gasteiger partial charge in [-0.05, 0) is 49.2 Å². The van der Waals surface area contributed by atoms with E-state index < -0.39 is 11.5 Å². The Morgan fingerprint density at radius 3 is 2.36 bits per heavy atom. The molecule has 130 valence electrons. The van der Waals surface area contributed by atoms with E-state index in [9.17, 15) is 14.7 Å². The van der Waals surface area contributed by atoms with E-state index in [1.165, 1.54) is 0 Å². The number of benzene rings is 1. The van der Waals surface area contributed by atoms with Crippen LogP contribution in [0.5, 0.6) is 11.5 Å². The van der Waals surface area contributed by atoms with E-state index in [1.807, 2.05) is 0 Å². The molecule has 1 amide bonds. The molecule has 1 aliphatic carbocycles. The number of carbonyl (C=O) groups excluding carboxylic acids is 1. The maximum Gasteiger partial charge on any atom is 0.329 e. The minimum atomic E-state index is -1.15. The van der Waals surface area contributed by atoms with E-state index in [1.54, 1.807) is 48.8 Å². The van der Waals surface area contributed by atoms with Crippen LogP contribution in [-0.4, -0.2) is 27.5 Å². The summed E-state index contributed by atoms with van der Waals surface area (Å²) in [6, 6.07) is 10.2. The average molecular weight is 340 g/mol. The summed E-state index contributed by atoms with van der Waals surface area (Å²) in [7, 11) is 0. The second-order valence-electron chi connectivity index (χ2n) is 6.22. The number of amides is 1. The van der Waals surface area contributed by atoms with Crippen LogP contribution in [0, 0.1) is 0 Å². The van der Waals surface area contributed by atoms with Gasteiger partial charge >= 0.3 is 5.97 Å². The molecule has 1 aromatic heterocycles. The first kappa shape index (κ1) is 17.0. The van der Waals surface area contributed by atoms with Gasteiger partial charge in [-0.25, -0.2) is 4.79 Å². The molecule has 0 saturated heterocycles. The molecule has 0 radical (unpaired) electrons. The van der Waals surface area contributed by atoms with Crippen molar-refractivity contribution in [3.63, 3.8) is 0 Å². The Balaban J connectivity index is 1.69. The summed E-state index contributed by atoms with van der Waals surface area (Å²) in [4.78, 5) is 28.1. The zero-order chi connectivity index (χ0) is 17.7. The smallest absolute Gasteiger partial charge is 0.329 e. The highest BCUT2D eigenvalue weighted by Crippen LogP contribution is 2.29. The van der Waals surface area contributed by atoms with Crippen molar-refractivity contribution >= 4 is 11.9 Å². The molecule has 2 N–H and O–H groups in total. The molecule has 0 aliphatic heterocycles. The largest absolute Gasteiger partial charge is 0.480 e. The Morgan fingerprint density at radius 2 is 1.76 bits per heavy atom. The molecule has 6 nitrogen and oxygen atoms in total. The van der Waals surface area contributed by atoms with Gasteiger partial charge in [-0.1, -0.05) is 19.3 Å². The minimum absolute atomic E-state index is 0.378. The minimum Gasteiger partial charge on any atom is -0.480 e. The molecule has 25 heavy (non-hydrogen) atoms.